The Hall–Kier alpha value is -1.78. The van der Waals surface area contributed by atoms with Crippen LogP contribution in [0.2, 0.25) is 0 Å². The van der Waals surface area contributed by atoms with Gasteiger partial charge in [-0.25, -0.2) is 4.98 Å². The van der Waals surface area contributed by atoms with Crippen molar-refractivity contribution in [2.24, 2.45) is 7.05 Å². The lowest BCUT2D eigenvalue weighted by molar-refractivity contribution is 0.740. The van der Waals surface area contributed by atoms with Crippen molar-refractivity contribution in [3.63, 3.8) is 0 Å². The van der Waals surface area contributed by atoms with Crippen molar-refractivity contribution in [2.45, 2.75) is 31.7 Å². The zero-order chi connectivity index (χ0) is 11.7. The number of aryl methyl sites for hydroxylation is 1. The summed E-state index contributed by atoms with van der Waals surface area (Å²) in [6, 6.07) is 0.577. The maximum atomic E-state index is 4.38. The summed E-state index contributed by atoms with van der Waals surface area (Å²) in [6.07, 6.45) is 12.8. The molecule has 1 aliphatic carbocycles. The van der Waals surface area contributed by atoms with Gasteiger partial charge in [-0.3, -0.25) is 9.25 Å². The van der Waals surface area contributed by atoms with Gasteiger partial charge in [-0.2, -0.15) is 5.10 Å². The third-order valence-electron chi connectivity index (χ3n) is 3.30. The molecule has 1 N–H and O–H groups in total. The molecule has 5 nitrogen and oxygen atoms in total. The number of hydrogen-bond donors (Lipinski definition) is 1. The number of nitrogens with zero attached hydrogens (tertiary/aromatic N) is 4. The number of nitrogens with one attached hydrogen (secondary N) is 1. The first kappa shape index (κ1) is 10.4. The monoisotopic (exact) mass is 231 g/mol. The fourth-order valence-corrected chi connectivity index (χ4v) is 2.40. The van der Waals surface area contributed by atoms with Crippen LogP contribution < -0.4 is 5.32 Å². The highest BCUT2D eigenvalue weighted by atomic mass is 15.3. The van der Waals surface area contributed by atoms with E-state index in [1.54, 1.807) is 4.68 Å². The molecule has 1 saturated carbocycles. The standard InChI is InChI=1S/C12H17N5/c1-16-9-11(8-14-16)17-7-6-13-12(17)15-10-4-2-3-5-10/h6-10H,2-5H2,1H3,(H,13,15). The molecular weight excluding hydrogens is 214 g/mol. The van der Waals surface area contributed by atoms with Crippen molar-refractivity contribution in [1.82, 2.24) is 19.3 Å². The summed E-state index contributed by atoms with van der Waals surface area (Å²) in [5.41, 5.74) is 1.05. The summed E-state index contributed by atoms with van der Waals surface area (Å²) in [7, 11) is 1.92. The second kappa shape index (κ2) is 4.24. The van der Waals surface area contributed by atoms with Crippen molar-refractivity contribution >= 4 is 5.95 Å². The maximum Gasteiger partial charge on any atom is 0.207 e. The first-order chi connectivity index (χ1) is 8.33. The molecule has 17 heavy (non-hydrogen) atoms. The van der Waals surface area contributed by atoms with E-state index in [4.69, 9.17) is 0 Å². The lowest BCUT2D eigenvalue weighted by atomic mass is 10.2. The molecule has 3 rings (SSSR count). The van der Waals surface area contributed by atoms with Gasteiger partial charge in [-0.15, -0.1) is 0 Å². The average molecular weight is 231 g/mol. The van der Waals surface area contributed by atoms with Gasteiger partial charge in [0.05, 0.1) is 11.9 Å². The second-order valence-electron chi connectivity index (χ2n) is 4.62. The zero-order valence-corrected chi connectivity index (χ0v) is 10.0. The molecule has 0 amide bonds. The Labute approximate surface area is 100 Å². The minimum atomic E-state index is 0.577. The molecule has 2 aromatic rings. The molecule has 0 aliphatic heterocycles. The van der Waals surface area contributed by atoms with Crippen LogP contribution in [0.25, 0.3) is 5.69 Å². The molecule has 0 bridgehead atoms. The van der Waals surface area contributed by atoms with Gasteiger partial charge in [-0.1, -0.05) is 12.8 Å². The Morgan fingerprint density at radius 1 is 1.35 bits per heavy atom. The summed E-state index contributed by atoms with van der Waals surface area (Å²) in [4.78, 5) is 4.38. The normalized spacial score (nSPS) is 16.5. The molecule has 2 aromatic heterocycles. The molecule has 0 atom stereocenters. The van der Waals surface area contributed by atoms with Gasteiger partial charge < -0.3 is 5.32 Å². The van der Waals surface area contributed by atoms with Crippen molar-refractivity contribution in [3.05, 3.63) is 24.8 Å². The molecule has 0 radical (unpaired) electrons. The Kier molecular flexibility index (Phi) is 2.59. The van der Waals surface area contributed by atoms with E-state index in [1.165, 1.54) is 25.7 Å². The van der Waals surface area contributed by atoms with Crippen LogP contribution in [0, 0.1) is 0 Å². The fourth-order valence-electron chi connectivity index (χ4n) is 2.40. The molecule has 0 aromatic carbocycles. The van der Waals surface area contributed by atoms with Gasteiger partial charge in [-0.05, 0) is 12.8 Å². The highest BCUT2D eigenvalue weighted by Gasteiger charge is 2.17. The lowest BCUT2D eigenvalue weighted by Crippen LogP contribution is -2.17. The van der Waals surface area contributed by atoms with Crippen LogP contribution in [0.15, 0.2) is 24.8 Å². The van der Waals surface area contributed by atoms with E-state index < -0.39 is 0 Å². The van der Waals surface area contributed by atoms with Crippen LogP contribution >= 0.6 is 0 Å². The minimum Gasteiger partial charge on any atom is -0.353 e. The summed E-state index contributed by atoms with van der Waals surface area (Å²) >= 11 is 0. The zero-order valence-electron chi connectivity index (χ0n) is 10.0. The lowest BCUT2D eigenvalue weighted by Gasteiger charge is -2.13. The number of hydrogen-bond acceptors (Lipinski definition) is 3. The summed E-state index contributed by atoms with van der Waals surface area (Å²) in [5, 5.41) is 7.70. The largest absolute Gasteiger partial charge is 0.353 e. The summed E-state index contributed by atoms with van der Waals surface area (Å²) in [5.74, 6) is 0.921. The molecular formula is C12H17N5. The van der Waals surface area contributed by atoms with Crippen LogP contribution in [-0.4, -0.2) is 25.4 Å². The van der Waals surface area contributed by atoms with Gasteiger partial charge in [0.2, 0.25) is 5.95 Å². The summed E-state index contributed by atoms with van der Waals surface area (Å²) < 4.78 is 3.85. The average Bonchev–Trinajstić information content (AvgIpc) is 2.99. The highest BCUT2D eigenvalue weighted by Crippen LogP contribution is 2.22. The van der Waals surface area contributed by atoms with E-state index in [9.17, 15) is 0 Å². The molecule has 0 spiro atoms. The van der Waals surface area contributed by atoms with Gasteiger partial charge in [0.1, 0.15) is 0 Å². The smallest absolute Gasteiger partial charge is 0.207 e. The van der Waals surface area contributed by atoms with Crippen LogP contribution in [0.5, 0.6) is 0 Å². The SMILES string of the molecule is Cn1cc(-n2ccnc2NC2CCCC2)cn1. The van der Waals surface area contributed by atoms with E-state index in [2.05, 4.69) is 15.4 Å². The van der Waals surface area contributed by atoms with Crippen LogP contribution in [0.3, 0.4) is 0 Å². The summed E-state index contributed by atoms with van der Waals surface area (Å²) in [6.45, 7) is 0. The van der Waals surface area contributed by atoms with E-state index >= 15 is 0 Å². The number of imidazole rings is 1. The first-order valence-electron chi connectivity index (χ1n) is 6.12. The quantitative estimate of drug-likeness (QED) is 0.878. The number of rotatable bonds is 3. The Bertz CT molecular complexity index is 492. The van der Waals surface area contributed by atoms with Crippen molar-refractivity contribution in [1.29, 1.82) is 0 Å². The van der Waals surface area contributed by atoms with E-state index in [0.29, 0.717) is 6.04 Å². The number of aromatic nitrogens is 4. The Morgan fingerprint density at radius 3 is 2.88 bits per heavy atom. The third-order valence-corrected chi connectivity index (χ3v) is 3.30. The van der Waals surface area contributed by atoms with Gasteiger partial charge in [0.15, 0.2) is 0 Å². The molecule has 2 heterocycles. The Balaban J connectivity index is 1.83. The second-order valence-corrected chi connectivity index (χ2v) is 4.62. The minimum absolute atomic E-state index is 0.577. The van der Waals surface area contributed by atoms with Crippen LogP contribution in [0.1, 0.15) is 25.7 Å². The Morgan fingerprint density at radius 2 is 2.18 bits per heavy atom. The van der Waals surface area contributed by atoms with Crippen molar-refractivity contribution in [2.75, 3.05) is 5.32 Å². The van der Waals surface area contributed by atoms with Crippen molar-refractivity contribution < 1.29 is 0 Å². The third kappa shape index (κ3) is 2.05. The highest BCUT2D eigenvalue weighted by molar-refractivity contribution is 5.39. The maximum absolute atomic E-state index is 4.38. The van der Waals surface area contributed by atoms with Crippen LogP contribution in [-0.2, 0) is 7.05 Å². The van der Waals surface area contributed by atoms with Crippen LogP contribution in [0.4, 0.5) is 5.95 Å². The predicted molar refractivity (Wildman–Crippen MR) is 66.2 cm³/mol. The van der Waals surface area contributed by atoms with E-state index in [1.807, 2.05) is 36.4 Å². The van der Waals surface area contributed by atoms with E-state index in [0.717, 1.165) is 11.6 Å². The molecule has 1 fully saturated rings. The van der Waals surface area contributed by atoms with Crippen molar-refractivity contribution in [3.8, 4) is 5.69 Å². The fraction of sp³-hybridized carbons (Fsp3) is 0.500. The van der Waals surface area contributed by atoms with Gasteiger partial charge in [0.25, 0.3) is 0 Å². The topological polar surface area (TPSA) is 47.7 Å². The predicted octanol–water partition coefficient (Wildman–Crippen LogP) is 1.96. The molecule has 0 saturated heterocycles. The number of anilines is 1. The molecule has 0 unspecified atom stereocenters. The molecule has 5 heteroatoms. The first-order valence-corrected chi connectivity index (χ1v) is 6.12. The molecule has 90 valence electrons. The van der Waals surface area contributed by atoms with Gasteiger partial charge >= 0.3 is 0 Å². The van der Waals surface area contributed by atoms with Gasteiger partial charge in [0, 0.05) is 31.7 Å². The van der Waals surface area contributed by atoms with E-state index in [-0.39, 0.29) is 0 Å². The molecule has 1 aliphatic rings.